The molecule has 1 fully saturated rings. The lowest BCUT2D eigenvalue weighted by Crippen LogP contribution is -2.43. The fourth-order valence-electron chi connectivity index (χ4n) is 2.78. The minimum atomic E-state index is 0.410. The van der Waals surface area contributed by atoms with E-state index in [-0.39, 0.29) is 0 Å². The largest absolute Gasteiger partial charge is 0.340 e. The van der Waals surface area contributed by atoms with Crippen LogP contribution in [0, 0.1) is 0 Å². The number of rotatable bonds is 7. The van der Waals surface area contributed by atoms with Crippen molar-refractivity contribution in [1.82, 2.24) is 4.90 Å². The third-order valence-corrected chi connectivity index (χ3v) is 3.91. The molecule has 1 aliphatic rings. The van der Waals surface area contributed by atoms with E-state index in [4.69, 9.17) is 0 Å². The number of piperidine rings is 1. The monoisotopic (exact) mass is 239 g/mol. The Morgan fingerprint density at radius 1 is 1.12 bits per heavy atom. The van der Waals surface area contributed by atoms with Gasteiger partial charge in [-0.25, -0.2) is 0 Å². The minimum Gasteiger partial charge on any atom is -0.340 e. The lowest BCUT2D eigenvalue weighted by molar-refractivity contribution is -0.135. The number of hydrogen-bond acceptors (Lipinski definition) is 1. The summed E-state index contributed by atoms with van der Waals surface area (Å²) in [4.78, 5) is 14.3. The Morgan fingerprint density at radius 2 is 1.88 bits per heavy atom. The highest BCUT2D eigenvalue weighted by molar-refractivity contribution is 5.76. The first kappa shape index (κ1) is 14.5. The fourth-order valence-corrected chi connectivity index (χ4v) is 2.78. The number of amides is 1. The molecular weight excluding hydrogens is 210 g/mol. The van der Waals surface area contributed by atoms with Crippen LogP contribution in [0.2, 0.25) is 0 Å². The first-order valence-electron chi connectivity index (χ1n) is 7.59. The van der Waals surface area contributed by atoms with Gasteiger partial charge in [0, 0.05) is 19.0 Å². The highest BCUT2D eigenvalue weighted by Crippen LogP contribution is 2.21. The fraction of sp³-hybridized carbons (Fsp3) is 0.933. The van der Waals surface area contributed by atoms with E-state index in [1.165, 1.54) is 44.9 Å². The Bertz CT molecular complexity index is 215. The van der Waals surface area contributed by atoms with E-state index in [9.17, 15) is 4.79 Å². The van der Waals surface area contributed by atoms with Crippen molar-refractivity contribution in [1.29, 1.82) is 0 Å². The SMILES string of the molecule is CCCCCCCC(=O)N1CCCCC1CC. The van der Waals surface area contributed by atoms with Gasteiger partial charge in [0.15, 0.2) is 0 Å². The molecule has 100 valence electrons. The van der Waals surface area contributed by atoms with E-state index in [1.54, 1.807) is 0 Å². The Hall–Kier alpha value is -0.530. The highest BCUT2D eigenvalue weighted by Gasteiger charge is 2.24. The lowest BCUT2D eigenvalue weighted by Gasteiger charge is -2.35. The number of carbonyl (C=O) groups excluding carboxylic acids is 1. The minimum absolute atomic E-state index is 0.410. The standard InChI is InChI=1S/C15H29NO/c1-3-5-6-7-8-12-15(17)16-13-10-9-11-14(16)4-2/h14H,3-13H2,1-2H3. The second-order valence-electron chi connectivity index (χ2n) is 5.31. The average molecular weight is 239 g/mol. The molecule has 1 amide bonds. The van der Waals surface area contributed by atoms with Crippen molar-refractivity contribution in [2.75, 3.05) is 6.54 Å². The first-order valence-corrected chi connectivity index (χ1v) is 7.59. The summed E-state index contributed by atoms with van der Waals surface area (Å²) in [5, 5.41) is 0. The molecule has 2 heteroatoms. The van der Waals surface area contributed by atoms with Gasteiger partial charge in [0.1, 0.15) is 0 Å². The molecule has 0 N–H and O–H groups in total. The molecule has 17 heavy (non-hydrogen) atoms. The molecule has 0 aromatic heterocycles. The lowest BCUT2D eigenvalue weighted by atomic mass is 9.99. The van der Waals surface area contributed by atoms with Crippen LogP contribution >= 0.6 is 0 Å². The van der Waals surface area contributed by atoms with Crippen LogP contribution in [-0.2, 0) is 4.79 Å². The van der Waals surface area contributed by atoms with E-state index in [2.05, 4.69) is 18.7 Å². The summed E-state index contributed by atoms with van der Waals surface area (Å²) in [6.07, 6.45) is 11.8. The average Bonchev–Trinajstić information content (AvgIpc) is 2.38. The van der Waals surface area contributed by atoms with Crippen LogP contribution < -0.4 is 0 Å². The van der Waals surface area contributed by atoms with Crippen LogP contribution in [-0.4, -0.2) is 23.4 Å². The highest BCUT2D eigenvalue weighted by atomic mass is 16.2. The molecule has 0 spiro atoms. The summed E-state index contributed by atoms with van der Waals surface area (Å²) in [6.45, 7) is 5.44. The molecule has 1 heterocycles. The Morgan fingerprint density at radius 3 is 2.59 bits per heavy atom. The molecule has 0 saturated carbocycles. The Kier molecular flexibility index (Phi) is 7.30. The molecule has 0 aromatic rings. The van der Waals surface area contributed by atoms with Crippen LogP contribution in [0.3, 0.4) is 0 Å². The van der Waals surface area contributed by atoms with E-state index in [0.29, 0.717) is 11.9 Å². The van der Waals surface area contributed by atoms with Gasteiger partial charge in [-0.2, -0.15) is 0 Å². The van der Waals surface area contributed by atoms with Crippen molar-refractivity contribution in [2.45, 2.75) is 84.1 Å². The summed E-state index contributed by atoms with van der Waals surface area (Å²) in [5.41, 5.74) is 0. The summed E-state index contributed by atoms with van der Waals surface area (Å²) in [5.74, 6) is 0.410. The van der Waals surface area contributed by atoms with Crippen molar-refractivity contribution in [3.05, 3.63) is 0 Å². The smallest absolute Gasteiger partial charge is 0.222 e. The third-order valence-electron chi connectivity index (χ3n) is 3.91. The number of unbranched alkanes of at least 4 members (excludes halogenated alkanes) is 4. The van der Waals surface area contributed by atoms with Crippen molar-refractivity contribution in [3.8, 4) is 0 Å². The Labute approximate surface area is 107 Å². The van der Waals surface area contributed by atoms with Gasteiger partial charge in [0.2, 0.25) is 5.91 Å². The van der Waals surface area contributed by atoms with Gasteiger partial charge in [-0.3, -0.25) is 4.79 Å². The normalized spacial score (nSPS) is 20.6. The quantitative estimate of drug-likeness (QED) is 0.611. The van der Waals surface area contributed by atoms with Gasteiger partial charge in [-0.15, -0.1) is 0 Å². The predicted octanol–water partition coefficient (Wildman–Crippen LogP) is 4.14. The van der Waals surface area contributed by atoms with Crippen LogP contribution in [0.15, 0.2) is 0 Å². The molecule has 1 atom stereocenters. The van der Waals surface area contributed by atoms with Crippen LogP contribution in [0.5, 0.6) is 0 Å². The molecule has 1 unspecified atom stereocenters. The zero-order valence-electron chi connectivity index (χ0n) is 11.7. The zero-order valence-corrected chi connectivity index (χ0v) is 11.7. The third kappa shape index (κ3) is 5.10. The maximum absolute atomic E-state index is 12.1. The summed E-state index contributed by atoms with van der Waals surface area (Å²) < 4.78 is 0. The zero-order chi connectivity index (χ0) is 12.5. The molecule has 2 nitrogen and oxygen atoms in total. The van der Waals surface area contributed by atoms with Gasteiger partial charge >= 0.3 is 0 Å². The van der Waals surface area contributed by atoms with Crippen molar-refractivity contribution >= 4 is 5.91 Å². The second kappa shape index (κ2) is 8.54. The topological polar surface area (TPSA) is 20.3 Å². The van der Waals surface area contributed by atoms with E-state index in [1.807, 2.05) is 0 Å². The predicted molar refractivity (Wildman–Crippen MR) is 73.0 cm³/mol. The van der Waals surface area contributed by atoms with Gasteiger partial charge in [0.25, 0.3) is 0 Å². The number of hydrogen-bond donors (Lipinski definition) is 0. The summed E-state index contributed by atoms with van der Waals surface area (Å²) in [6, 6.07) is 0.534. The van der Waals surface area contributed by atoms with Gasteiger partial charge in [0.05, 0.1) is 0 Å². The molecule has 0 bridgehead atoms. The summed E-state index contributed by atoms with van der Waals surface area (Å²) in [7, 11) is 0. The van der Waals surface area contributed by atoms with Gasteiger partial charge < -0.3 is 4.90 Å². The molecular formula is C15H29NO. The molecule has 0 aromatic carbocycles. The van der Waals surface area contributed by atoms with E-state index < -0.39 is 0 Å². The molecule has 0 radical (unpaired) electrons. The van der Waals surface area contributed by atoms with Crippen LogP contribution in [0.25, 0.3) is 0 Å². The molecule has 0 aliphatic carbocycles. The maximum Gasteiger partial charge on any atom is 0.222 e. The first-order chi connectivity index (χ1) is 8.29. The van der Waals surface area contributed by atoms with Crippen LogP contribution in [0.4, 0.5) is 0 Å². The number of nitrogens with zero attached hydrogens (tertiary/aromatic N) is 1. The summed E-state index contributed by atoms with van der Waals surface area (Å²) >= 11 is 0. The molecule has 1 saturated heterocycles. The van der Waals surface area contributed by atoms with E-state index >= 15 is 0 Å². The van der Waals surface area contributed by atoms with Gasteiger partial charge in [-0.1, -0.05) is 39.5 Å². The number of likely N-dealkylation sites (tertiary alicyclic amines) is 1. The molecule has 1 rings (SSSR count). The van der Waals surface area contributed by atoms with Crippen molar-refractivity contribution in [2.24, 2.45) is 0 Å². The number of carbonyl (C=O) groups is 1. The molecule has 1 aliphatic heterocycles. The van der Waals surface area contributed by atoms with E-state index in [0.717, 1.165) is 25.8 Å². The van der Waals surface area contributed by atoms with Crippen LogP contribution in [0.1, 0.15) is 78.1 Å². The Balaban J connectivity index is 2.20. The van der Waals surface area contributed by atoms with Crippen molar-refractivity contribution < 1.29 is 4.79 Å². The van der Waals surface area contributed by atoms with Gasteiger partial charge in [-0.05, 0) is 32.1 Å². The van der Waals surface area contributed by atoms with Crippen molar-refractivity contribution in [3.63, 3.8) is 0 Å². The maximum atomic E-state index is 12.1. The second-order valence-corrected chi connectivity index (χ2v) is 5.31.